The van der Waals surface area contributed by atoms with Crippen LogP contribution in [-0.2, 0) is 26.2 Å². The van der Waals surface area contributed by atoms with Crippen LogP contribution in [0.25, 0.3) is 0 Å². The number of anilines is 1. The molecule has 0 spiro atoms. The molecule has 10 nitrogen and oxygen atoms in total. The summed E-state index contributed by atoms with van der Waals surface area (Å²) in [6.45, 7) is 4.85. The van der Waals surface area contributed by atoms with Gasteiger partial charge in [0.1, 0.15) is 12.6 Å². The van der Waals surface area contributed by atoms with Gasteiger partial charge in [-0.15, -0.1) is 0 Å². The Morgan fingerprint density at radius 1 is 1.08 bits per heavy atom. The fourth-order valence-electron chi connectivity index (χ4n) is 3.26. The minimum Gasteiger partial charge on any atom is -0.354 e. The van der Waals surface area contributed by atoms with Crippen LogP contribution in [0.15, 0.2) is 42.5 Å². The lowest BCUT2D eigenvalue weighted by Gasteiger charge is -2.32. The summed E-state index contributed by atoms with van der Waals surface area (Å²) >= 11 is 12.6. The fourth-order valence-corrected chi connectivity index (χ4v) is 4.62. The smallest absolute Gasteiger partial charge is 0.271 e. The molecule has 0 saturated heterocycles. The molecule has 2 amide bonds. The minimum absolute atomic E-state index is 0.0623. The van der Waals surface area contributed by atoms with Gasteiger partial charge in [-0.05, 0) is 31.0 Å². The van der Waals surface area contributed by atoms with Crippen molar-refractivity contribution in [2.24, 2.45) is 5.92 Å². The molecule has 0 bridgehead atoms. The number of benzene rings is 2. The maximum absolute atomic E-state index is 13.5. The van der Waals surface area contributed by atoms with Crippen LogP contribution in [0, 0.1) is 16.0 Å². The van der Waals surface area contributed by atoms with Crippen molar-refractivity contribution in [3.8, 4) is 0 Å². The highest BCUT2D eigenvalue weighted by molar-refractivity contribution is 7.92. The third-order valence-electron chi connectivity index (χ3n) is 5.25. The normalized spacial score (nSPS) is 12.2. The molecule has 2 rings (SSSR count). The van der Waals surface area contributed by atoms with Crippen LogP contribution < -0.4 is 9.62 Å². The van der Waals surface area contributed by atoms with E-state index in [2.05, 4.69) is 5.32 Å². The molecule has 1 atom stereocenters. The maximum Gasteiger partial charge on any atom is 0.271 e. The molecule has 0 heterocycles. The lowest BCUT2D eigenvalue weighted by atomic mass is 10.1. The summed E-state index contributed by atoms with van der Waals surface area (Å²) in [4.78, 5) is 38.1. The second-order valence-corrected chi connectivity index (χ2v) is 11.3. The van der Waals surface area contributed by atoms with Crippen LogP contribution in [0.3, 0.4) is 0 Å². The molecule has 0 unspecified atom stereocenters. The van der Waals surface area contributed by atoms with E-state index < -0.39 is 39.3 Å². The number of sulfonamides is 1. The number of nitro benzene ring substituents is 1. The van der Waals surface area contributed by atoms with E-state index in [1.54, 1.807) is 18.2 Å². The number of hydrogen-bond donors (Lipinski definition) is 1. The number of amides is 2. The van der Waals surface area contributed by atoms with Crippen LogP contribution >= 0.6 is 23.2 Å². The third kappa shape index (κ3) is 7.81. The van der Waals surface area contributed by atoms with Crippen molar-refractivity contribution in [2.45, 2.75) is 33.4 Å². The second-order valence-electron chi connectivity index (χ2n) is 8.58. The first kappa shape index (κ1) is 29.3. The van der Waals surface area contributed by atoms with Gasteiger partial charge in [0.2, 0.25) is 21.8 Å². The molecule has 0 aliphatic rings. The summed E-state index contributed by atoms with van der Waals surface area (Å²) < 4.78 is 25.9. The quantitative estimate of drug-likeness (QED) is 0.329. The van der Waals surface area contributed by atoms with Crippen molar-refractivity contribution in [3.05, 3.63) is 68.2 Å². The van der Waals surface area contributed by atoms with E-state index >= 15 is 0 Å². The highest BCUT2D eigenvalue weighted by atomic mass is 35.5. The van der Waals surface area contributed by atoms with Gasteiger partial charge in [0, 0.05) is 40.8 Å². The van der Waals surface area contributed by atoms with Gasteiger partial charge in [-0.2, -0.15) is 0 Å². The number of halogens is 2. The molecule has 2 aromatic rings. The summed E-state index contributed by atoms with van der Waals surface area (Å²) in [6.07, 6.45) is 0.882. The van der Waals surface area contributed by atoms with E-state index in [1.807, 2.05) is 13.8 Å². The number of nitrogens with zero attached hydrogens (tertiary/aromatic N) is 3. The SMILES string of the molecule is CC(C)CNC(=O)[C@H](C)N(Cc1c(Cl)cccc1Cl)C(=O)CN(c1cccc([N+](=O)[O-])c1)S(C)(=O)=O. The maximum atomic E-state index is 13.5. The molecular weight excluding hydrogens is 531 g/mol. The molecule has 1 N–H and O–H groups in total. The Morgan fingerprint density at radius 2 is 1.67 bits per heavy atom. The molecule has 0 aliphatic carbocycles. The van der Waals surface area contributed by atoms with Crippen molar-refractivity contribution in [2.75, 3.05) is 23.7 Å². The summed E-state index contributed by atoms with van der Waals surface area (Å²) in [5, 5.41) is 14.5. The molecule has 0 saturated carbocycles. The molecule has 13 heteroatoms. The number of rotatable bonds is 11. The summed E-state index contributed by atoms with van der Waals surface area (Å²) in [5.74, 6) is -1.01. The van der Waals surface area contributed by atoms with Crippen molar-refractivity contribution < 1.29 is 22.9 Å². The first-order chi connectivity index (χ1) is 16.7. The largest absolute Gasteiger partial charge is 0.354 e. The first-order valence-corrected chi connectivity index (χ1v) is 13.5. The molecule has 196 valence electrons. The number of nitrogens with one attached hydrogen (secondary N) is 1. The van der Waals surface area contributed by atoms with Gasteiger partial charge >= 0.3 is 0 Å². The van der Waals surface area contributed by atoms with Gasteiger partial charge in [-0.25, -0.2) is 8.42 Å². The fraction of sp³-hybridized carbons (Fsp3) is 0.391. The van der Waals surface area contributed by atoms with Crippen molar-refractivity contribution in [1.29, 1.82) is 0 Å². The van der Waals surface area contributed by atoms with E-state index in [1.165, 1.54) is 30.0 Å². The predicted molar refractivity (Wildman–Crippen MR) is 140 cm³/mol. The summed E-state index contributed by atoms with van der Waals surface area (Å²) in [6, 6.07) is 8.72. The lowest BCUT2D eigenvalue weighted by Crippen LogP contribution is -2.51. The Labute approximate surface area is 220 Å². The molecule has 0 radical (unpaired) electrons. The average molecular weight is 559 g/mol. The van der Waals surface area contributed by atoms with Crippen molar-refractivity contribution in [1.82, 2.24) is 10.2 Å². The summed E-state index contributed by atoms with van der Waals surface area (Å²) in [7, 11) is -4.04. The molecule has 0 aliphatic heterocycles. The predicted octanol–water partition coefficient (Wildman–Crippen LogP) is 3.86. The number of nitro groups is 1. The van der Waals surface area contributed by atoms with Gasteiger partial charge in [-0.3, -0.25) is 24.0 Å². The van der Waals surface area contributed by atoms with Gasteiger partial charge in [0.15, 0.2) is 0 Å². The van der Waals surface area contributed by atoms with Crippen molar-refractivity contribution in [3.63, 3.8) is 0 Å². The van der Waals surface area contributed by atoms with E-state index in [-0.39, 0.29) is 33.9 Å². The Kier molecular flexibility index (Phi) is 10.1. The number of hydrogen-bond acceptors (Lipinski definition) is 6. The topological polar surface area (TPSA) is 130 Å². The van der Waals surface area contributed by atoms with Crippen LogP contribution in [-0.4, -0.2) is 55.4 Å². The zero-order chi connectivity index (χ0) is 27.2. The Balaban J connectivity index is 2.47. The van der Waals surface area contributed by atoms with Crippen LogP contribution in [0.2, 0.25) is 10.0 Å². The van der Waals surface area contributed by atoms with E-state index in [0.717, 1.165) is 16.6 Å². The van der Waals surface area contributed by atoms with E-state index in [0.29, 0.717) is 12.1 Å². The van der Waals surface area contributed by atoms with Gasteiger partial charge in [0.05, 0.1) is 16.9 Å². The first-order valence-electron chi connectivity index (χ1n) is 10.9. The molecular formula is C23H28Cl2N4O6S. The van der Waals surface area contributed by atoms with Crippen LogP contribution in [0.5, 0.6) is 0 Å². The van der Waals surface area contributed by atoms with Gasteiger partial charge in [0.25, 0.3) is 5.69 Å². The second kappa shape index (κ2) is 12.4. The average Bonchev–Trinajstić information content (AvgIpc) is 2.79. The molecule has 0 fully saturated rings. The highest BCUT2D eigenvalue weighted by Crippen LogP contribution is 2.28. The highest BCUT2D eigenvalue weighted by Gasteiger charge is 2.31. The summed E-state index contributed by atoms with van der Waals surface area (Å²) in [5.41, 5.74) is -0.0126. The monoisotopic (exact) mass is 558 g/mol. The third-order valence-corrected chi connectivity index (χ3v) is 7.10. The molecule has 2 aromatic carbocycles. The molecule has 36 heavy (non-hydrogen) atoms. The lowest BCUT2D eigenvalue weighted by molar-refractivity contribution is -0.384. The standard InChI is InChI=1S/C23H28Cl2N4O6S/c1-15(2)12-26-23(31)16(3)27(13-19-20(24)9-6-10-21(19)25)22(30)14-28(36(4,34)35)17-7-5-8-18(11-17)29(32)33/h5-11,15-16H,12-14H2,1-4H3,(H,26,31)/t16-/m0/s1. The van der Waals surface area contributed by atoms with E-state index in [4.69, 9.17) is 23.2 Å². The van der Waals surface area contributed by atoms with Crippen molar-refractivity contribution >= 4 is 56.4 Å². The Hall–Kier alpha value is -2.89. The van der Waals surface area contributed by atoms with Gasteiger partial charge < -0.3 is 10.2 Å². The van der Waals surface area contributed by atoms with E-state index in [9.17, 15) is 28.1 Å². The Morgan fingerprint density at radius 3 is 2.19 bits per heavy atom. The zero-order valence-electron chi connectivity index (χ0n) is 20.3. The minimum atomic E-state index is -4.04. The number of non-ortho nitro benzene ring substituents is 1. The zero-order valence-corrected chi connectivity index (χ0v) is 22.6. The Bertz CT molecular complexity index is 1220. The van der Waals surface area contributed by atoms with Gasteiger partial charge in [-0.1, -0.05) is 49.2 Å². The number of carbonyl (C=O) groups excluding carboxylic acids is 2. The van der Waals surface area contributed by atoms with Crippen LogP contribution in [0.4, 0.5) is 11.4 Å². The number of carbonyl (C=O) groups is 2. The van der Waals surface area contributed by atoms with Crippen LogP contribution in [0.1, 0.15) is 26.3 Å². The molecule has 0 aromatic heterocycles.